The first-order valence-corrected chi connectivity index (χ1v) is 10.1. The predicted octanol–water partition coefficient (Wildman–Crippen LogP) is 5.08. The third-order valence-electron chi connectivity index (χ3n) is 4.62. The number of hydrazone groups is 1. The van der Waals surface area contributed by atoms with Crippen molar-refractivity contribution in [1.29, 1.82) is 0 Å². The molecule has 4 rings (SSSR count). The molecule has 0 atom stereocenters. The lowest BCUT2D eigenvalue weighted by molar-refractivity contribution is -0.121. The van der Waals surface area contributed by atoms with Crippen LogP contribution in [0.5, 0.6) is 0 Å². The molecule has 1 heterocycles. The van der Waals surface area contributed by atoms with Gasteiger partial charge >= 0.3 is 0 Å². The van der Waals surface area contributed by atoms with Crippen LogP contribution in [0, 0.1) is 0 Å². The van der Waals surface area contributed by atoms with Gasteiger partial charge in [-0.3, -0.25) is 4.79 Å². The van der Waals surface area contributed by atoms with Gasteiger partial charge in [-0.1, -0.05) is 71.7 Å². The number of aromatic nitrogens is 2. The Balaban J connectivity index is 1.54. The molecule has 30 heavy (non-hydrogen) atoms. The van der Waals surface area contributed by atoms with Crippen molar-refractivity contribution in [2.45, 2.75) is 13.0 Å². The fourth-order valence-electron chi connectivity index (χ4n) is 3.20. The van der Waals surface area contributed by atoms with Crippen LogP contribution in [0.25, 0.3) is 11.0 Å². The standard InChI is InChI=1S/C23H18Cl2N4O/c24-18-9-6-10-19(25)17(18)14-26-28-23(30)15-29-21-12-5-4-11-20(21)27-22(29)13-16-7-2-1-3-8-16/h1-12,14H,13,15H2,(H,28,30). The van der Waals surface area contributed by atoms with Gasteiger partial charge in [0.2, 0.25) is 0 Å². The highest BCUT2D eigenvalue weighted by atomic mass is 35.5. The highest BCUT2D eigenvalue weighted by molar-refractivity contribution is 6.38. The van der Waals surface area contributed by atoms with Gasteiger partial charge in [-0.15, -0.1) is 0 Å². The quantitative estimate of drug-likeness (QED) is 0.338. The number of para-hydroxylation sites is 2. The van der Waals surface area contributed by atoms with Gasteiger partial charge in [0, 0.05) is 12.0 Å². The van der Waals surface area contributed by atoms with E-state index < -0.39 is 0 Å². The number of fused-ring (bicyclic) bond motifs is 1. The molecule has 0 aliphatic heterocycles. The van der Waals surface area contributed by atoms with E-state index >= 15 is 0 Å². The lowest BCUT2D eigenvalue weighted by Crippen LogP contribution is -2.24. The summed E-state index contributed by atoms with van der Waals surface area (Å²) < 4.78 is 1.91. The zero-order valence-electron chi connectivity index (χ0n) is 15.9. The molecule has 5 nitrogen and oxygen atoms in total. The van der Waals surface area contributed by atoms with Crippen LogP contribution in [-0.4, -0.2) is 21.7 Å². The molecule has 0 saturated carbocycles. The Labute approximate surface area is 184 Å². The summed E-state index contributed by atoms with van der Waals surface area (Å²) in [4.78, 5) is 17.3. The monoisotopic (exact) mass is 436 g/mol. The van der Waals surface area contributed by atoms with Crippen molar-refractivity contribution in [1.82, 2.24) is 15.0 Å². The second-order valence-corrected chi connectivity index (χ2v) is 7.51. The van der Waals surface area contributed by atoms with Crippen LogP contribution < -0.4 is 5.43 Å². The highest BCUT2D eigenvalue weighted by Gasteiger charge is 2.14. The van der Waals surface area contributed by atoms with Crippen LogP contribution in [0.4, 0.5) is 0 Å². The number of amides is 1. The first kappa shape index (κ1) is 20.1. The molecule has 0 unspecified atom stereocenters. The average Bonchev–Trinajstić information content (AvgIpc) is 3.08. The maximum atomic E-state index is 12.6. The summed E-state index contributed by atoms with van der Waals surface area (Å²) in [5, 5.41) is 4.94. The third-order valence-corrected chi connectivity index (χ3v) is 5.28. The average molecular weight is 437 g/mol. The molecular formula is C23H18Cl2N4O. The summed E-state index contributed by atoms with van der Waals surface area (Å²) >= 11 is 12.2. The van der Waals surface area contributed by atoms with E-state index in [-0.39, 0.29) is 12.5 Å². The Morgan fingerprint density at radius 2 is 1.67 bits per heavy atom. The fourth-order valence-corrected chi connectivity index (χ4v) is 3.69. The Morgan fingerprint density at radius 3 is 2.43 bits per heavy atom. The minimum Gasteiger partial charge on any atom is -0.318 e. The van der Waals surface area contributed by atoms with Crippen molar-refractivity contribution in [2.24, 2.45) is 5.10 Å². The molecule has 0 fully saturated rings. The molecule has 0 bridgehead atoms. The van der Waals surface area contributed by atoms with E-state index in [1.54, 1.807) is 18.2 Å². The summed E-state index contributed by atoms with van der Waals surface area (Å²) in [7, 11) is 0. The molecule has 150 valence electrons. The van der Waals surface area contributed by atoms with Crippen molar-refractivity contribution in [3.05, 3.63) is 99.8 Å². The summed E-state index contributed by atoms with van der Waals surface area (Å²) in [6.45, 7) is 0.0935. The van der Waals surface area contributed by atoms with Crippen LogP contribution in [0.2, 0.25) is 10.0 Å². The first-order valence-electron chi connectivity index (χ1n) is 9.36. The van der Waals surface area contributed by atoms with E-state index in [0.29, 0.717) is 22.0 Å². The van der Waals surface area contributed by atoms with Crippen molar-refractivity contribution < 1.29 is 4.79 Å². The number of carbonyl (C=O) groups is 1. The van der Waals surface area contributed by atoms with Crippen molar-refractivity contribution in [2.75, 3.05) is 0 Å². The maximum Gasteiger partial charge on any atom is 0.260 e. The van der Waals surface area contributed by atoms with Gasteiger partial charge in [0.25, 0.3) is 5.91 Å². The molecule has 1 amide bonds. The molecule has 4 aromatic rings. The largest absolute Gasteiger partial charge is 0.318 e. The molecule has 0 spiro atoms. The number of hydrogen-bond donors (Lipinski definition) is 1. The van der Waals surface area contributed by atoms with E-state index in [9.17, 15) is 4.79 Å². The number of nitrogens with zero attached hydrogens (tertiary/aromatic N) is 3. The van der Waals surface area contributed by atoms with Gasteiger partial charge < -0.3 is 4.57 Å². The summed E-state index contributed by atoms with van der Waals surface area (Å²) in [5.41, 5.74) is 5.97. The van der Waals surface area contributed by atoms with E-state index in [0.717, 1.165) is 22.4 Å². The van der Waals surface area contributed by atoms with Gasteiger partial charge in [-0.2, -0.15) is 5.10 Å². The first-order chi connectivity index (χ1) is 14.6. The molecule has 1 N–H and O–H groups in total. The number of imidazole rings is 1. The second-order valence-electron chi connectivity index (χ2n) is 6.69. The predicted molar refractivity (Wildman–Crippen MR) is 121 cm³/mol. The van der Waals surface area contributed by atoms with E-state index in [4.69, 9.17) is 28.2 Å². The topological polar surface area (TPSA) is 59.3 Å². The number of halogens is 2. The van der Waals surface area contributed by atoms with Gasteiger partial charge in [-0.05, 0) is 29.8 Å². The van der Waals surface area contributed by atoms with Crippen LogP contribution in [0.3, 0.4) is 0 Å². The number of rotatable bonds is 6. The Bertz CT molecular complexity index is 1200. The normalized spacial score (nSPS) is 11.3. The molecular weight excluding hydrogens is 419 g/mol. The maximum absolute atomic E-state index is 12.6. The van der Waals surface area contributed by atoms with Gasteiger partial charge in [0.05, 0.1) is 27.3 Å². The van der Waals surface area contributed by atoms with Crippen molar-refractivity contribution in [3.8, 4) is 0 Å². The molecule has 1 aromatic heterocycles. The summed E-state index contributed by atoms with van der Waals surface area (Å²) in [6, 6.07) is 23.0. The zero-order chi connectivity index (χ0) is 20.9. The Morgan fingerprint density at radius 1 is 0.967 bits per heavy atom. The molecule has 0 aliphatic carbocycles. The fraction of sp³-hybridized carbons (Fsp3) is 0.0870. The van der Waals surface area contributed by atoms with Gasteiger partial charge in [0.1, 0.15) is 12.4 Å². The Hall–Kier alpha value is -3.15. The Kier molecular flexibility index (Phi) is 6.12. The van der Waals surface area contributed by atoms with Crippen LogP contribution in [-0.2, 0) is 17.8 Å². The van der Waals surface area contributed by atoms with Gasteiger partial charge in [-0.25, -0.2) is 10.4 Å². The van der Waals surface area contributed by atoms with E-state index in [2.05, 4.69) is 10.5 Å². The lowest BCUT2D eigenvalue weighted by atomic mass is 10.1. The summed E-state index contributed by atoms with van der Waals surface area (Å²) in [5.74, 6) is 0.544. The van der Waals surface area contributed by atoms with Crippen LogP contribution >= 0.6 is 23.2 Å². The summed E-state index contributed by atoms with van der Waals surface area (Å²) in [6.07, 6.45) is 2.07. The number of nitrogens with one attached hydrogen (secondary N) is 1. The van der Waals surface area contributed by atoms with Crippen LogP contribution in [0.1, 0.15) is 17.0 Å². The molecule has 7 heteroatoms. The van der Waals surface area contributed by atoms with Gasteiger partial charge in [0.15, 0.2) is 0 Å². The molecule has 0 saturated heterocycles. The zero-order valence-corrected chi connectivity index (χ0v) is 17.4. The minimum atomic E-state index is -0.271. The van der Waals surface area contributed by atoms with E-state index in [1.165, 1.54) is 6.21 Å². The minimum absolute atomic E-state index is 0.0935. The number of carbonyl (C=O) groups excluding carboxylic acids is 1. The van der Waals surface area contributed by atoms with Crippen molar-refractivity contribution in [3.63, 3.8) is 0 Å². The van der Waals surface area contributed by atoms with Crippen molar-refractivity contribution >= 4 is 46.4 Å². The number of benzene rings is 3. The third kappa shape index (κ3) is 4.53. The molecule has 0 radical (unpaired) electrons. The highest BCUT2D eigenvalue weighted by Crippen LogP contribution is 2.22. The van der Waals surface area contributed by atoms with Crippen LogP contribution in [0.15, 0.2) is 77.9 Å². The second kappa shape index (κ2) is 9.11. The smallest absolute Gasteiger partial charge is 0.260 e. The lowest BCUT2D eigenvalue weighted by Gasteiger charge is -2.08. The SMILES string of the molecule is O=C(Cn1c(Cc2ccccc2)nc2ccccc21)NN=Cc1c(Cl)cccc1Cl. The number of hydrogen-bond acceptors (Lipinski definition) is 3. The molecule has 3 aromatic carbocycles. The molecule has 0 aliphatic rings. The van der Waals surface area contributed by atoms with E-state index in [1.807, 2.05) is 59.2 Å².